The molecule has 26 heavy (non-hydrogen) atoms. The topological polar surface area (TPSA) is 116 Å². The number of anilines is 5. The minimum atomic E-state index is -0.233. The number of hydrogen-bond acceptors (Lipinski definition) is 6. The summed E-state index contributed by atoms with van der Waals surface area (Å²) in [5.41, 5.74) is 10.4. The zero-order chi connectivity index (χ0) is 18.1. The summed E-state index contributed by atoms with van der Waals surface area (Å²) in [6, 6.07) is 13.0. The van der Waals surface area contributed by atoms with E-state index in [1.54, 1.807) is 18.5 Å². The highest BCUT2D eigenvalue weighted by Crippen LogP contribution is 2.30. The molecule has 8 nitrogen and oxygen atoms in total. The van der Waals surface area contributed by atoms with Gasteiger partial charge in [-0.2, -0.15) is 0 Å². The van der Waals surface area contributed by atoms with Gasteiger partial charge < -0.3 is 25.9 Å². The fraction of sp³-hybridized carbons (Fsp3) is 0.0556. The van der Waals surface area contributed by atoms with Gasteiger partial charge in [0.05, 0.1) is 22.4 Å². The van der Waals surface area contributed by atoms with Crippen LogP contribution in [0.15, 0.2) is 59.7 Å². The Hall–Kier alpha value is -3.81. The maximum Gasteiger partial charge on any atom is 0.323 e. The van der Waals surface area contributed by atoms with E-state index in [2.05, 4.69) is 25.3 Å². The number of H-pyrrole nitrogens is 2. The van der Waals surface area contributed by atoms with Gasteiger partial charge in [-0.3, -0.25) is 0 Å². The van der Waals surface area contributed by atoms with Gasteiger partial charge in [0.1, 0.15) is 0 Å². The number of rotatable bonds is 4. The van der Waals surface area contributed by atoms with E-state index >= 15 is 0 Å². The van der Waals surface area contributed by atoms with Crippen molar-refractivity contribution < 1.29 is 0 Å². The van der Waals surface area contributed by atoms with Crippen molar-refractivity contribution in [3.63, 3.8) is 0 Å². The number of aromatic nitrogens is 4. The molecule has 0 bridgehead atoms. The molecule has 4 aromatic rings. The Bertz CT molecular complexity index is 1120. The van der Waals surface area contributed by atoms with Crippen molar-refractivity contribution >= 4 is 39.7 Å². The number of fused-ring (bicyclic) bond motifs is 1. The zero-order valence-electron chi connectivity index (χ0n) is 14.0. The van der Waals surface area contributed by atoms with Crippen LogP contribution in [0.3, 0.4) is 0 Å². The molecular formula is C18H17N7O. The molecule has 4 rings (SSSR count). The van der Waals surface area contributed by atoms with Crippen LogP contribution in [0.2, 0.25) is 0 Å². The molecule has 130 valence electrons. The Morgan fingerprint density at radius 3 is 2.62 bits per heavy atom. The number of nitrogens with two attached hydrogens (primary N) is 1. The zero-order valence-corrected chi connectivity index (χ0v) is 14.0. The van der Waals surface area contributed by atoms with Crippen LogP contribution in [-0.4, -0.2) is 27.0 Å². The molecule has 0 aliphatic rings. The molecule has 0 aliphatic carbocycles. The molecule has 0 radical (unpaired) electrons. The summed E-state index contributed by atoms with van der Waals surface area (Å²) < 4.78 is 0. The Morgan fingerprint density at radius 1 is 1.04 bits per heavy atom. The summed E-state index contributed by atoms with van der Waals surface area (Å²) in [6.45, 7) is 0. The summed E-state index contributed by atoms with van der Waals surface area (Å²) in [4.78, 5) is 27.2. The minimum absolute atomic E-state index is 0.233. The van der Waals surface area contributed by atoms with E-state index in [1.807, 2.05) is 48.3 Å². The highest BCUT2D eigenvalue weighted by Gasteiger charge is 2.09. The molecule has 0 unspecified atom stereocenters. The summed E-state index contributed by atoms with van der Waals surface area (Å²) in [5.74, 6) is 0.592. The molecule has 8 heteroatoms. The molecular weight excluding hydrogens is 330 g/mol. The highest BCUT2D eigenvalue weighted by molar-refractivity contribution is 5.83. The lowest BCUT2D eigenvalue weighted by Gasteiger charge is -2.19. The van der Waals surface area contributed by atoms with Crippen LogP contribution >= 0.6 is 0 Å². The van der Waals surface area contributed by atoms with Crippen LogP contribution in [0.4, 0.5) is 28.7 Å². The number of nitrogen functional groups attached to an aromatic ring is 1. The molecule has 2 heterocycles. The number of aromatic amines is 2. The van der Waals surface area contributed by atoms with E-state index in [4.69, 9.17) is 5.73 Å². The Balaban J connectivity index is 1.66. The maximum absolute atomic E-state index is 11.4. The van der Waals surface area contributed by atoms with Crippen LogP contribution in [0.1, 0.15) is 0 Å². The van der Waals surface area contributed by atoms with Gasteiger partial charge in [-0.1, -0.05) is 0 Å². The smallest absolute Gasteiger partial charge is 0.323 e. The second kappa shape index (κ2) is 6.25. The quantitative estimate of drug-likeness (QED) is 0.422. The fourth-order valence-corrected chi connectivity index (χ4v) is 2.71. The fourth-order valence-electron chi connectivity index (χ4n) is 2.71. The van der Waals surface area contributed by atoms with Crippen molar-refractivity contribution in [2.75, 3.05) is 23.0 Å². The van der Waals surface area contributed by atoms with Crippen LogP contribution in [-0.2, 0) is 0 Å². The predicted molar refractivity (Wildman–Crippen MR) is 103 cm³/mol. The molecule has 0 saturated carbocycles. The van der Waals surface area contributed by atoms with E-state index in [9.17, 15) is 4.79 Å². The Morgan fingerprint density at radius 2 is 1.81 bits per heavy atom. The second-order valence-corrected chi connectivity index (χ2v) is 5.84. The summed E-state index contributed by atoms with van der Waals surface area (Å²) in [5, 5.41) is 3.29. The van der Waals surface area contributed by atoms with E-state index < -0.39 is 0 Å². The summed E-state index contributed by atoms with van der Waals surface area (Å²) in [6.07, 6.45) is 3.39. The lowest BCUT2D eigenvalue weighted by Crippen LogP contribution is -2.13. The Kier molecular flexibility index (Phi) is 3.77. The van der Waals surface area contributed by atoms with Gasteiger partial charge in [-0.25, -0.2) is 14.8 Å². The van der Waals surface area contributed by atoms with E-state index in [0.717, 1.165) is 28.1 Å². The minimum Gasteiger partial charge on any atom is -0.397 e. The van der Waals surface area contributed by atoms with E-state index in [0.29, 0.717) is 11.6 Å². The molecule has 2 aromatic carbocycles. The largest absolute Gasteiger partial charge is 0.397 e. The molecule has 2 aromatic heterocycles. The average Bonchev–Trinajstić information content (AvgIpc) is 3.03. The van der Waals surface area contributed by atoms with Crippen molar-refractivity contribution in [1.29, 1.82) is 0 Å². The number of nitrogens with one attached hydrogen (secondary N) is 3. The first kappa shape index (κ1) is 15.7. The third-order valence-electron chi connectivity index (χ3n) is 4.07. The first-order valence-electron chi connectivity index (χ1n) is 7.99. The molecule has 0 fully saturated rings. The van der Waals surface area contributed by atoms with Gasteiger partial charge in [0.25, 0.3) is 0 Å². The highest BCUT2D eigenvalue weighted by atomic mass is 16.1. The van der Waals surface area contributed by atoms with Crippen LogP contribution < -0.4 is 21.6 Å². The van der Waals surface area contributed by atoms with E-state index in [1.165, 1.54) is 0 Å². The number of nitrogens with zero attached hydrogens (tertiary/aromatic N) is 3. The summed E-state index contributed by atoms with van der Waals surface area (Å²) >= 11 is 0. The molecule has 0 aliphatic heterocycles. The van der Waals surface area contributed by atoms with Gasteiger partial charge >= 0.3 is 5.69 Å². The van der Waals surface area contributed by atoms with Crippen LogP contribution in [0.25, 0.3) is 11.0 Å². The lowest BCUT2D eigenvalue weighted by molar-refractivity contribution is 1.04. The Labute approximate surface area is 148 Å². The van der Waals surface area contributed by atoms with Crippen molar-refractivity contribution in [1.82, 2.24) is 19.9 Å². The molecule has 0 atom stereocenters. The van der Waals surface area contributed by atoms with E-state index in [-0.39, 0.29) is 5.69 Å². The predicted octanol–water partition coefficient (Wildman–Crippen LogP) is 2.74. The van der Waals surface area contributed by atoms with Crippen LogP contribution in [0, 0.1) is 0 Å². The van der Waals surface area contributed by atoms with Crippen molar-refractivity contribution in [2.45, 2.75) is 0 Å². The molecule has 0 spiro atoms. The first-order chi connectivity index (χ1) is 12.6. The van der Waals surface area contributed by atoms with Crippen LogP contribution in [0.5, 0.6) is 0 Å². The maximum atomic E-state index is 11.4. The molecule has 0 saturated heterocycles. The summed E-state index contributed by atoms with van der Waals surface area (Å²) in [7, 11) is 1.89. The standard InChI is InChI=1S/C18H17N7O/c1-25(17-20-7-2-8-21-17)12-4-5-13(19)15(10-12)22-11-3-6-14-16(9-11)24-18(26)23-14/h2-10,22H,19H2,1H3,(H2,23,24,26). The monoisotopic (exact) mass is 347 g/mol. The van der Waals surface area contributed by atoms with Gasteiger partial charge in [0.2, 0.25) is 5.95 Å². The number of imidazole rings is 1. The second-order valence-electron chi connectivity index (χ2n) is 5.84. The van der Waals surface area contributed by atoms with Crippen molar-refractivity contribution in [3.8, 4) is 0 Å². The SMILES string of the molecule is CN(c1ccc(N)c(Nc2ccc3[nH]c(=O)[nH]c3c2)c1)c1ncccn1. The molecule has 0 amide bonds. The molecule has 5 N–H and O–H groups in total. The van der Waals surface area contributed by atoms with Gasteiger partial charge in [0, 0.05) is 30.8 Å². The third kappa shape index (κ3) is 2.95. The van der Waals surface area contributed by atoms with Gasteiger partial charge in [0.15, 0.2) is 0 Å². The van der Waals surface area contributed by atoms with Gasteiger partial charge in [-0.15, -0.1) is 0 Å². The number of hydrogen-bond donors (Lipinski definition) is 4. The lowest BCUT2D eigenvalue weighted by atomic mass is 10.2. The average molecular weight is 347 g/mol. The number of benzene rings is 2. The van der Waals surface area contributed by atoms with Crippen molar-refractivity contribution in [2.24, 2.45) is 0 Å². The van der Waals surface area contributed by atoms with Crippen molar-refractivity contribution in [3.05, 3.63) is 65.3 Å². The first-order valence-corrected chi connectivity index (χ1v) is 7.99. The third-order valence-corrected chi connectivity index (χ3v) is 4.07. The van der Waals surface area contributed by atoms with Gasteiger partial charge in [-0.05, 0) is 42.5 Å². The normalized spacial score (nSPS) is 10.8.